The van der Waals surface area contributed by atoms with Gasteiger partial charge in [0.15, 0.2) is 0 Å². The van der Waals surface area contributed by atoms with Crippen LogP contribution in [0.2, 0.25) is 5.02 Å². The number of hydrogen-bond donors (Lipinski definition) is 0. The number of hydrogen-bond acceptors (Lipinski definition) is 4. The van der Waals surface area contributed by atoms with Crippen LogP contribution in [0.15, 0.2) is 24.3 Å². The van der Waals surface area contributed by atoms with Gasteiger partial charge in [-0.1, -0.05) is 23.7 Å². The van der Waals surface area contributed by atoms with Gasteiger partial charge in [-0.15, -0.1) is 9.97 Å². The Morgan fingerprint density at radius 2 is 1.62 bits per heavy atom. The predicted octanol–water partition coefficient (Wildman–Crippen LogP) is 2.60. The molecule has 4 nitrogen and oxygen atoms in total. The Balaban J connectivity index is 2.30. The van der Waals surface area contributed by atoms with E-state index in [1.807, 2.05) is 0 Å². The first-order valence-electron chi connectivity index (χ1n) is 4.14. The Bertz CT molecular complexity index is 504. The van der Waals surface area contributed by atoms with Crippen molar-refractivity contribution in [2.24, 2.45) is 0 Å². The van der Waals surface area contributed by atoms with Gasteiger partial charge in [0.1, 0.15) is 5.75 Å². The number of aromatic nitrogens is 3. The minimum absolute atomic E-state index is 0.203. The fourth-order valence-corrected chi connectivity index (χ4v) is 1.15. The molecule has 0 amide bonds. The summed E-state index contributed by atoms with van der Waals surface area (Å²) in [5.74, 6) is 0.203. The van der Waals surface area contributed by atoms with Gasteiger partial charge < -0.3 is 4.74 Å². The molecule has 7 heteroatoms. The lowest BCUT2D eigenvalue weighted by atomic mass is 10.3. The molecule has 0 atom stereocenters. The van der Waals surface area contributed by atoms with Crippen molar-refractivity contribution in [2.45, 2.75) is 0 Å². The fourth-order valence-electron chi connectivity index (χ4n) is 0.980. The number of ether oxygens (including phenoxy) is 1. The summed E-state index contributed by atoms with van der Waals surface area (Å²) in [4.78, 5) is 9.05. The molecule has 16 heavy (non-hydrogen) atoms. The molecule has 0 fully saturated rings. The van der Waals surface area contributed by atoms with Gasteiger partial charge in [-0.05, 0) is 12.1 Å². The molecule has 1 aromatic heterocycles. The van der Waals surface area contributed by atoms with Gasteiger partial charge >= 0.3 is 18.2 Å². The highest BCUT2D eigenvalue weighted by molar-refractivity contribution is 6.32. The zero-order chi connectivity index (χ0) is 11.5. The minimum atomic E-state index is -1.26. The predicted molar refractivity (Wildman–Crippen MR) is 51.3 cm³/mol. The second kappa shape index (κ2) is 4.36. The average molecular weight is 244 g/mol. The lowest BCUT2D eigenvalue weighted by Gasteiger charge is -2.04. The van der Waals surface area contributed by atoms with Crippen molar-refractivity contribution in [3.8, 4) is 11.8 Å². The Labute approximate surface area is 93.9 Å². The van der Waals surface area contributed by atoms with Crippen LogP contribution in [0, 0.1) is 12.2 Å². The number of halogens is 3. The van der Waals surface area contributed by atoms with Gasteiger partial charge in [-0.2, -0.15) is 13.8 Å². The highest BCUT2D eigenvalue weighted by Crippen LogP contribution is 2.26. The summed E-state index contributed by atoms with van der Waals surface area (Å²) in [5, 5.41) is 0.281. The summed E-state index contributed by atoms with van der Waals surface area (Å²) >= 11 is 5.77. The Kier molecular flexibility index (Phi) is 2.91. The molecule has 2 rings (SSSR count). The second-order valence-corrected chi connectivity index (χ2v) is 3.10. The standard InChI is InChI=1S/C9H4ClF2N3O/c10-5-3-1-2-4-6(5)16-9-14-7(11)13-8(12)15-9/h1-4H. The molecule has 0 saturated carbocycles. The molecule has 0 aliphatic rings. The number of para-hydroxylation sites is 1. The molecule has 0 N–H and O–H groups in total. The third kappa shape index (κ3) is 2.40. The van der Waals surface area contributed by atoms with Crippen LogP contribution in [-0.4, -0.2) is 15.0 Å². The van der Waals surface area contributed by atoms with Crippen LogP contribution < -0.4 is 4.74 Å². The van der Waals surface area contributed by atoms with Gasteiger partial charge in [-0.25, -0.2) is 0 Å². The molecule has 0 aliphatic heterocycles. The van der Waals surface area contributed by atoms with E-state index in [1.165, 1.54) is 6.07 Å². The average Bonchev–Trinajstić information content (AvgIpc) is 2.20. The second-order valence-electron chi connectivity index (χ2n) is 2.69. The summed E-state index contributed by atoms with van der Waals surface area (Å²) in [6, 6.07) is 5.92. The zero-order valence-corrected chi connectivity index (χ0v) is 8.45. The van der Waals surface area contributed by atoms with E-state index in [1.54, 1.807) is 18.2 Å². The van der Waals surface area contributed by atoms with E-state index in [9.17, 15) is 8.78 Å². The van der Waals surface area contributed by atoms with Crippen molar-refractivity contribution in [1.29, 1.82) is 0 Å². The first-order chi connectivity index (χ1) is 7.65. The number of benzene rings is 1. The van der Waals surface area contributed by atoms with Crippen molar-refractivity contribution in [1.82, 2.24) is 15.0 Å². The van der Waals surface area contributed by atoms with E-state index in [2.05, 4.69) is 15.0 Å². The molecule has 2 aromatic rings. The highest BCUT2D eigenvalue weighted by atomic mass is 35.5. The molecule has 0 bridgehead atoms. The molecule has 1 aromatic carbocycles. The largest absolute Gasteiger partial charge is 0.423 e. The zero-order valence-electron chi connectivity index (χ0n) is 7.69. The van der Waals surface area contributed by atoms with Crippen LogP contribution in [0.25, 0.3) is 0 Å². The molecule has 1 heterocycles. The topological polar surface area (TPSA) is 47.9 Å². The lowest BCUT2D eigenvalue weighted by molar-refractivity contribution is 0.377. The van der Waals surface area contributed by atoms with Crippen LogP contribution in [-0.2, 0) is 0 Å². The van der Waals surface area contributed by atoms with E-state index in [4.69, 9.17) is 16.3 Å². The van der Waals surface area contributed by atoms with Gasteiger partial charge in [0.25, 0.3) is 0 Å². The minimum Gasteiger partial charge on any atom is -0.423 e. The van der Waals surface area contributed by atoms with Crippen molar-refractivity contribution in [3.05, 3.63) is 41.4 Å². The van der Waals surface area contributed by atoms with Crippen molar-refractivity contribution in [2.75, 3.05) is 0 Å². The molecule has 0 spiro atoms. The maximum atomic E-state index is 12.6. The monoisotopic (exact) mass is 243 g/mol. The summed E-state index contributed by atoms with van der Waals surface area (Å²) in [7, 11) is 0. The van der Waals surface area contributed by atoms with Crippen LogP contribution in [0.1, 0.15) is 0 Å². The van der Waals surface area contributed by atoms with Crippen LogP contribution in [0.4, 0.5) is 8.78 Å². The normalized spacial score (nSPS) is 10.2. The van der Waals surface area contributed by atoms with Gasteiger partial charge in [-0.3, -0.25) is 0 Å². The van der Waals surface area contributed by atoms with Gasteiger partial charge in [0, 0.05) is 0 Å². The summed E-state index contributed by atoms with van der Waals surface area (Å²) in [6.45, 7) is 0. The fraction of sp³-hybridized carbons (Fsp3) is 0. The first-order valence-corrected chi connectivity index (χ1v) is 4.52. The Morgan fingerprint density at radius 3 is 2.25 bits per heavy atom. The van der Waals surface area contributed by atoms with E-state index in [-0.39, 0.29) is 10.8 Å². The summed E-state index contributed by atoms with van der Waals surface area (Å²) < 4.78 is 30.2. The molecule has 0 unspecified atom stereocenters. The van der Waals surface area contributed by atoms with E-state index in [0.717, 1.165) is 0 Å². The van der Waals surface area contributed by atoms with Gasteiger partial charge in [0.2, 0.25) is 0 Å². The van der Waals surface area contributed by atoms with E-state index >= 15 is 0 Å². The van der Waals surface area contributed by atoms with Crippen LogP contribution in [0.3, 0.4) is 0 Å². The summed E-state index contributed by atoms with van der Waals surface area (Å²) in [5.41, 5.74) is 0. The maximum absolute atomic E-state index is 12.6. The van der Waals surface area contributed by atoms with E-state index in [0.29, 0.717) is 0 Å². The molecular formula is C9H4ClF2N3O. The van der Waals surface area contributed by atoms with Crippen LogP contribution in [0.5, 0.6) is 11.8 Å². The van der Waals surface area contributed by atoms with E-state index < -0.39 is 18.2 Å². The molecule has 0 saturated heterocycles. The SMILES string of the molecule is Fc1nc(F)nc(Oc2ccccc2Cl)n1. The molecule has 0 radical (unpaired) electrons. The Hall–Kier alpha value is -1.82. The smallest absolute Gasteiger partial charge is 0.330 e. The van der Waals surface area contributed by atoms with Crippen molar-refractivity contribution in [3.63, 3.8) is 0 Å². The van der Waals surface area contributed by atoms with Crippen molar-refractivity contribution >= 4 is 11.6 Å². The van der Waals surface area contributed by atoms with Crippen LogP contribution >= 0.6 is 11.6 Å². The highest BCUT2D eigenvalue weighted by Gasteiger charge is 2.09. The Morgan fingerprint density at radius 1 is 1.00 bits per heavy atom. The molecule has 82 valence electrons. The van der Waals surface area contributed by atoms with Crippen molar-refractivity contribution < 1.29 is 13.5 Å². The van der Waals surface area contributed by atoms with Gasteiger partial charge in [0.05, 0.1) is 5.02 Å². The third-order valence-corrected chi connectivity index (χ3v) is 1.91. The quantitative estimate of drug-likeness (QED) is 0.813. The number of rotatable bonds is 2. The maximum Gasteiger partial charge on any atom is 0.330 e. The third-order valence-electron chi connectivity index (χ3n) is 1.60. The molecular weight excluding hydrogens is 240 g/mol. The lowest BCUT2D eigenvalue weighted by Crippen LogP contribution is -2.01. The first kappa shape index (κ1) is 10.7. The number of nitrogens with zero attached hydrogens (tertiary/aromatic N) is 3. The summed E-state index contributed by atoms with van der Waals surface area (Å²) in [6.07, 6.45) is -2.51. The molecule has 0 aliphatic carbocycles.